The molecule has 0 unspecified atom stereocenters. The lowest BCUT2D eigenvalue weighted by Gasteiger charge is -2.27. The number of hydrogen-bond donors (Lipinski definition) is 1. The van der Waals surface area contributed by atoms with Crippen LogP contribution >= 0.6 is 15.9 Å². The molecule has 5 nitrogen and oxygen atoms in total. The van der Waals surface area contributed by atoms with Crippen LogP contribution in [0.25, 0.3) is 5.52 Å². The van der Waals surface area contributed by atoms with Crippen LogP contribution in [0.2, 0.25) is 0 Å². The molecule has 0 fully saturated rings. The molecule has 0 saturated heterocycles. The first-order chi connectivity index (χ1) is 10.6. The first kappa shape index (κ1) is 14.8. The summed E-state index contributed by atoms with van der Waals surface area (Å²) < 4.78 is 8.71. The maximum absolute atomic E-state index is 6.02. The number of ether oxygens (including phenoxy) is 1. The van der Waals surface area contributed by atoms with Crippen LogP contribution in [0.4, 0.5) is 5.82 Å². The van der Waals surface area contributed by atoms with E-state index in [1.807, 2.05) is 50.4 Å². The van der Waals surface area contributed by atoms with Gasteiger partial charge < -0.3 is 10.1 Å². The molecule has 0 atom stereocenters. The second kappa shape index (κ2) is 5.96. The first-order valence-electron chi connectivity index (χ1n) is 7.01. The number of halogens is 1. The molecule has 22 heavy (non-hydrogen) atoms. The SMILES string of the molecule is CC(C)(CNc1nccn2ncc(Br)c12)Oc1ccccc1. The quantitative estimate of drug-likeness (QED) is 0.752. The molecule has 0 amide bonds. The Hall–Kier alpha value is -2.08. The Labute approximate surface area is 137 Å². The third-order valence-electron chi connectivity index (χ3n) is 3.21. The summed E-state index contributed by atoms with van der Waals surface area (Å²) in [6.45, 7) is 4.70. The van der Waals surface area contributed by atoms with Crippen molar-refractivity contribution >= 4 is 27.3 Å². The Kier molecular flexibility index (Phi) is 4.02. The number of aromatic nitrogens is 3. The molecule has 0 spiro atoms. The molecule has 0 radical (unpaired) electrons. The van der Waals surface area contributed by atoms with E-state index in [4.69, 9.17) is 4.74 Å². The van der Waals surface area contributed by atoms with Gasteiger partial charge in [-0.15, -0.1) is 0 Å². The highest BCUT2D eigenvalue weighted by atomic mass is 79.9. The third-order valence-corrected chi connectivity index (χ3v) is 3.79. The molecule has 0 saturated carbocycles. The zero-order chi connectivity index (χ0) is 15.6. The smallest absolute Gasteiger partial charge is 0.153 e. The summed E-state index contributed by atoms with van der Waals surface area (Å²) in [5.41, 5.74) is 0.542. The number of nitrogens with zero attached hydrogens (tertiary/aromatic N) is 3. The lowest BCUT2D eigenvalue weighted by atomic mass is 10.1. The second-order valence-electron chi connectivity index (χ2n) is 5.59. The Morgan fingerprint density at radius 3 is 2.82 bits per heavy atom. The number of para-hydroxylation sites is 1. The van der Waals surface area contributed by atoms with Crippen LogP contribution in [0.5, 0.6) is 5.75 Å². The fraction of sp³-hybridized carbons (Fsp3) is 0.250. The van der Waals surface area contributed by atoms with Crippen LogP contribution in [0.15, 0.2) is 53.4 Å². The van der Waals surface area contributed by atoms with Gasteiger partial charge in [-0.25, -0.2) is 9.50 Å². The summed E-state index contributed by atoms with van der Waals surface area (Å²) in [5, 5.41) is 7.60. The van der Waals surface area contributed by atoms with E-state index in [1.54, 1.807) is 16.9 Å². The van der Waals surface area contributed by atoms with E-state index in [2.05, 4.69) is 31.3 Å². The minimum absolute atomic E-state index is 0.373. The molecule has 1 N–H and O–H groups in total. The van der Waals surface area contributed by atoms with Crippen LogP contribution in [-0.4, -0.2) is 26.7 Å². The largest absolute Gasteiger partial charge is 0.486 e. The molecule has 0 aliphatic rings. The first-order valence-corrected chi connectivity index (χ1v) is 7.80. The maximum Gasteiger partial charge on any atom is 0.153 e. The Bertz CT molecular complexity index is 770. The number of anilines is 1. The van der Waals surface area contributed by atoms with Crippen molar-refractivity contribution in [2.45, 2.75) is 19.4 Å². The van der Waals surface area contributed by atoms with E-state index in [1.165, 1.54) is 0 Å². The van der Waals surface area contributed by atoms with E-state index in [-0.39, 0.29) is 5.60 Å². The lowest BCUT2D eigenvalue weighted by molar-refractivity contribution is 0.123. The number of hydrogen-bond acceptors (Lipinski definition) is 4. The monoisotopic (exact) mass is 360 g/mol. The zero-order valence-electron chi connectivity index (χ0n) is 12.5. The average molecular weight is 361 g/mol. The van der Waals surface area contributed by atoms with Crippen molar-refractivity contribution in [1.29, 1.82) is 0 Å². The number of fused-ring (bicyclic) bond motifs is 1. The Morgan fingerprint density at radius 1 is 1.27 bits per heavy atom. The molecule has 0 aliphatic heterocycles. The molecule has 2 heterocycles. The van der Waals surface area contributed by atoms with Gasteiger partial charge in [0.25, 0.3) is 0 Å². The zero-order valence-corrected chi connectivity index (χ0v) is 14.0. The lowest BCUT2D eigenvalue weighted by Crippen LogP contribution is -2.36. The van der Waals surface area contributed by atoms with Gasteiger partial charge in [-0.1, -0.05) is 18.2 Å². The highest BCUT2D eigenvalue weighted by molar-refractivity contribution is 9.10. The predicted molar refractivity (Wildman–Crippen MR) is 90.3 cm³/mol. The molecular weight excluding hydrogens is 344 g/mol. The summed E-state index contributed by atoms with van der Waals surface area (Å²) in [7, 11) is 0. The van der Waals surface area contributed by atoms with E-state index >= 15 is 0 Å². The fourth-order valence-electron chi connectivity index (χ4n) is 2.18. The van der Waals surface area contributed by atoms with Gasteiger partial charge in [0.15, 0.2) is 5.82 Å². The van der Waals surface area contributed by atoms with Crippen molar-refractivity contribution in [3.8, 4) is 5.75 Å². The van der Waals surface area contributed by atoms with Gasteiger partial charge in [-0.05, 0) is 41.9 Å². The van der Waals surface area contributed by atoms with Crippen molar-refractivity contribution < 1.29 is 4.74 Å². The summed E-state index contributed by atoms with van der Waals surface area (Å²) >= 11 is 3.50. The highest BCUT2D eigenvalue weighted by Crippen LogP contribution is 2.24. The minimum atomic E-state index is -0.373. The summed E-state index contributed by atoms with van der Waals surface area (Å²) in [6.07, 6.45) is 5.30. The molecule has 1 aromatic carbocycles. The summed E-state index contributed by atoms with van der Waals surface area (Å²) in [5.74, 6) is 1.63. The van der Waals surface area contributed by atoms with Crippen LogP contribution in [-0.2, 0) is 0 Å². The summed E-state index contributed by atoms with van der Waals surface area (Å²) in [6, 6.07) is 9.80. The van der Waals surface area contributed by atoms with E-state index in [9.17, 15) is 0 Å². The average Bonchev–Trinajstić information content (AvgIpc) is 2.88. The molecule has 3 rings (SSSR count). The van der Waals surface area contributed by atoms with Gasteiger partial charge in [0.2, 0.25) is 0 Å². The van der Waals surface area contributed by atoms with Crippen LogP contribution < -0.4 is 10.1 Å². The molecule has 2 aromatic heterocycles. The van der Waals surface area contributed by atoms with Crippen molar-refractivity contribution in [2.75, 3.05) is 11.9 Å². The Balaban J connectivity index is 1.74. The van der Waals surface area contributed by atoms with E-state index in [0.717, 1.165) is 21.6 Å². The topological polar surface area (TPSA) is 51.5 Å². The predicted octanol–water partition coefficient (Wildman–Crippen LogP) is 3.76. The minimum Gasteiger partial charge on any atom is -0.486 e. The van der Waals surface area contributed by atoms with Crippen LogP contribution in [0, 0.1) is 0 Å². The van der Waals surface area contributed by atoms with Gasteiger partial charge in [0, 0.05) is 12.4 Å². The van der Waals surface area contributed by atoms with E-state index < -0.39 is 0 Å². The normalized spacial score (nSPS) is 11.6. The van der Waals surface area contributed by atoms with Gasteiger partial charge in [-0.3, -0.25) is 0 Å². The van der Waals surface area contributed by atoms with Crippen LogP contribution in [0.1, 0.15) is 13.8 Å². The van der Waals surface area contributed by atoms with Gasteiger partial charge in [0.1, 0.15) is 16.9 Å². The molecule has 0 bridgehead atoms. The van der Waals surface area contributed by atoms with Crippen molar-refractivity contribution in [3.63, 3.8) is 0 Å². The Morgan fingerprint density at radius 2 is 2.05 bits per heavy atom. The number of rotatable bonds is 5. The van der Waals surface area contributed by atoms with Crippen LogP contribution in [0.3, 0.4) is 0 Å². The highest BCUT2D eigenvalue weighted by Gasteiger charge is 2.21. The van der Waals surface area contributed by atoms with Gasteiger partial charge in [-0.2, -0.15) is 5.10 Å². The maximum atomic E-state index is 6.02. The van der Waals surface area contributed by atoms with Gasteiger partial charge >= 0.3 is 0 Å². The van der Waals surface area contributed by atoms with Crippen molar-refractivity contribution in [2.24, 2.45) is 0 Å². The fourth-order valence-corrected chi connectivity index (χ4v) is 2.64. The third kappa shape index (κ3) is 3.22. The van der Waals surface area contributed by atoms with E-state index in [0.29, 0.717) is 6.54 Å². The van der Waals surface area contributed by atoms with Crippen molar-refractivity contribution in [3.05, 3.63) is 53.4 Å². The molecular formula is C16H17BrN4O. The molecule has 3 aromatic rings. The number of benzene rings is 1. The number of nitrogens with one attached hydrogen (secondary N) is 1. The molecule has 114 valence electrons. The van der Waals surface area contributed by atoms with Crippen molar-refractivity contribution in [1.82, 2.24) is 14.6 Å². The molecule has 0 aliphatic carbocycles. The molecule has 6 heteroatoms. The summed E-state index contributed by atoms with van der Waals surface area (Å²) in [4.78, 5) is 4.39. The standard InChI is InChI=1S/C16H17BrN4O/c1-16(2,22-12-6-4-3-5-7-12)11-19-15-14-13(17)10-20-21(14)9-8-18-15/h3-10H,11H2,1-2H3,(H,18,19). The van der Waals surface area contributed by atoms with Gasteiger partial charge in [0.05, 0.1) is 17.2 Å². The second-order valence-corrected chi connectivity index (χ2v) is 6.44.